The molecule has 21 heavy (non-hydrogen) atoms. The molecule has 0 atom stereocenters. The summed E-state index contributed by atoms with van der Waals surface area (Å²) in [5.41, 5.74) is 1.41. The molecule has 0 aliphatic heterocycles. The quantitative estimate of drug-likeness (QED) is 0.652. The molecule has 0 aliphatic carbocycles. The lowest BCUT2D eigenvalue weighted by Crippen LogP contribution is -2.07. The Labute approximate surface area is 131 Å². The molecule has 1 amide bonds. The summed E-state index contributed by atoms with van der Waals surface area (Å²) in [6.45, 7) is 0. The van der Waals surface area contributed by atoms with Gasteiger partial charge in [-0.2, -0.15) is 0 Å². The smallest absolute Gasteiger partial charge is 0.248 e. The minimum atomic E-state index is -0.261. The van der Waals surface area contributed by atoms with Crippen LogP contribution in [0.1, 0.15) is 5.56 Å². The zero-order valence-corrected chi connectivity index (χ0v) is 12.9. The fraction of sp³-hybridized carbons (Fsp3) is 0.0625. The van der Waals surface area contributed by atoms with Crippen molar-refractivity contribution in [3.8, 4) is 11.5 Å². The van der Waals surface area contributed by atoms with E-state index in [9.17, 15) is 9.90 Å². The minimum Gasteiger partial charge on any atom is -0.508 e. The molecule has 108 valence electrons. The molecule has 2 N–H and O–H groups in total. The lowest BCUT2D eigenvalue weighted by molar-refractivity contribution is -0.111. The van der Waals surface area contributed by atoms with Crippen LogP contribution >= 0.6 is 15.9 Å². The molecule has 0 bridgehead atoms. The number of halogens is 1. The molecule has 0 heterocycles. The molecule has 0 saturated heterocycles. The molecular weight excluding hydrogens is 334 g/mol. The van der Waals surface area contributed by atoms with E-state index < -0.39 is 0 Å². The highest BCUT2D eigenvalue weighted by molar-refractivity contribution is 9.10. The maximum absolute atomic E-state index is 11.8. The summed E-state index contributed by atoms with van der Waals surface area (Å²) in [5.74, 6) is 0.581. The third kappa shape index (κ3) is 4.36. The summed E-state index contributed by atoms with van der Waals surface area (Å²) >= 11 is 3.38. The Kier molecular flexibility index (Phi) is 5.00. The second kappa shape index (κ2) is 6.95. The Morgan fingerprint density at radius 2 is 1.95 bits per heavy atom. The van der Waals surface area contributed by atoms with Gasteiger partial charge in [0, 0.05) is 21.8 Å². The fourth-order valence-electron chi connectivity index (χ4n) is 1.73. The average Bonchev–Trinajstić information content (AvgIpc) is 2.48. The van der Waals surface area contributed by atoms with Gasteiger partial charge in [-0.25, -0.2) is 0 Å². The average molecular weight is 348 g/mol. The van der Waals surface area contributed by atoms with Crippen molar-refractivity contribution in [3.63, 3.8) is 0 Å². The number of ether oxygens (including phenoxy) is 1. The van der Waals surface area contributed by atoms with Crippen LogP contribution in [0.4, 0.5) is 5.69 Å². The van der Waals surface area contributed by atoms with E-state index in [-0.39, 0.29) is 11.7 Å². The summed E-state index contributed by atoms with van der Waals surface area (Å²) in [5, 5.41) is 11.9. The van der Waals surface area contributed by atoms with Crippen molar-refractivity contribution in [2.45, 2.75) is 0 Å². The first-order chi connectivity index (χ1) is 10.1. The van der Waals surface area contributed by atoms with Crippen LogP contribution in [-0.4, -0.2) is 18.1 Å². The Bertz CT molecular complexity index is 666. The molecule has 0 aliphatic rings. The second-order valence-corrected chi connectivity index (χ2v) is 5.17. The van der Waals surface area contributed by atoms with Crippen LogP contribution in [0, 0.1) is 0 Å². The van der Waals surface area contributed by atoms with Gasteiger partial charge in [-0.3, -0.25) is 4.79 Å². The number of methoxy groups -OCH3 is 1. The number of aromatic hydroxyl groups is 1. The number of benzene rings is 2. The Morgan fingerprint density at radius 1 is 1.24 bits per heavy atom. The number of phenols is 1. The number of nitrogens with one attached hydrogen (secondary N) is 1. The maximum Gasteiger partial charge on any atom is 0.248 e. The molecule has 0 unspecified atom stereocenters. The van der Waals surface area contributed by atoms with Crippen LogP contribution in [0.2, 0.25) is 0 Å². The van der Waals surface area contributed by atoms with Gasteiger partial charge in [-0.15, -0.1) is 0 Å². The predicted molar refractivity (Wildman–Crippen MR) is 86.5 cm³/mol. The van der Waals surface area contributed by atoms with Crippen molar-refractivity contribution in [2.75, 3.05) is 12.4 Å². The zero-order valence-electron chi connectivity index (χ0n) is 11.3. The number of amides is 1. The van der Waals surface area contributed by atoms with Gasteiger partial charge in [-0.05, 0) is 48.5 Å². The number of carbonyl (C=O) groups excluding carboxylic acids is 1. The number of hydrogen-bond donors (Lipinski definition) is 2. The largest absolute Gasteiger partial charge is 0.508 e. The number of rotatable bonds is 4. The van der Waals surface area contributed by atoms with Crippen LogP contribution in [0.5, 0.6) is 11.5 Å². The van der Waals surface area contributed by atoms with Gasteiger partial charge >= 0.3 is 0 Å². The summed E-state index contributed by atoms with van der Waals surface area (Å²) in [7, 11) is 1.58. The van der Waals surface area contributed by atoms with Gasteiger partial charge in [-0.1, -0.05) is 15.9 Å². The topological polar surface area (TPSA) is 58.6 Å². The third-order valence-electron chi connectivity index (χ3n) is 2.74. The van der Waals surface area contributed by atoms with E-state index in [0.29, 0.717) is 11.4 Å². The van der Waals surface area contributed by atoms with Crippen molar-refractivity contribution >= 4 is 33.6 Å². The molecule has 4 nitrogen and oxygen atoms in total. The molecule has 5 heteroatoms. The third-order valence-corrected chi connectivity index (χ3v) is 3.23. The molecule has 2 rings (SSSR count). The van der Waals surface area contributed by atoms with Crippen LogP contribution in [0.3, 0.4) is 0 Å². The normalized spacial score (nSPS) is 10.6. The monoisotopic (exact) mass is 347 g/mol. The number of hydrogen-bond acceptors (Lipinski definition) is 3. The van der Waals surface area contributed by atoms with Crippen LogP contribution in [0.25, 0.3) is 6.08 Å². The molecular formula is C16H14BrNO3. The highest BCUT2D eigenvalue weighted by atomic mass is 79.9. The Hall–Kier alpha value is -2.27. The highest BCUT2D eigenvalue weighted by Gasteiger charge is 2.02. The minimum absolute atomic E-state index is 0.155. The van der Waals surface area contributed by atoms with E-state index in [1.165, 1.54) is 18.2 Å². The van der Waals surface area contributed by atoms with E-state index in [0.717, 1.165) is 10.0 Å². The highest BCUT2D eigenvalue weighted by Crippen LogP contribution is 2.24. The summed E-state index contributed by atoms with van der Waals surface area (Å²) < 4.78 is 6.14. The van der Waals surface area contributed by atoms with Gasteiger partial charge in [0.1, 0.15) is 11.5 Å². The van der Waals surface area contributed by atoms with Gasteiger partial charge in [0.15, 0.2) is 0 Å². The van der Waals surface area contributed by atoms with Gasteiger partial charge in [0.2, 0.25) is 5.91 Å². The fourth-order valence-corrected chi connectivity index (χ4v) is 2.11. The molecule has 0 radical (unpaired) electrons. The van der Waals surface area contributed by atoms with E-state index in [1.54, 1.807) is 25.3 Å². The summed E-state index contributed by atoms with van der Waals surface area (Å²) in [6, 6.07) is 11.8. The van der Waals surface area contributed by atoms with Crippen molar-refractivity contribution < 1.29 is 14.6 Å². The van der Waals surface area contributed by atoms with E-state index in [4.69, 9.17) is 4.74 Å². The molecule has 2 aromatic rings. The van der Waals surface area contributed by atoms with Crippen molar-refractivity contribution in [2.24, 2.45) is 0 Å². The molecule has 0 spiro atoms. The zero-order chi connectivity index (χ0) is 15.2. The van der Waals surface area contributed by atoms with E-state index in [1.807, 2.05) is 18.2 Å². The summed E-state index contributed by atoms with van der Waals surface area (Å²) in [6.07, 6.45) is 3.11. The lowest BCUT2D eigenvalue weighted by Gasteiger charge is -2.05. The number of phenolic OH excluding ortho intramolecular Hbond substituents is 1. The molecule has 0 aromatic heterocycles. The molecule has 0 fully saturated rings. The predicted octanol–water partition coefficient (Wildman–Crippen LogP) is 3.82. The summed E-state index contributed by atoms with van der Waals surface area (Å²) in [4.78, 5) is 11.8. The SMILES string of the molecule is COc1ccc(Br)cc1C=CC(=O)Nc1ccc(O)cc1. The first-order valence-electron chi connectivity index (χ1n) is 6.20. The standard InChI is InChI=1S/C16H14BrNO3/c1-21-15-8-3-12(17)10-11(15)2-9-16(20)18-13-4-6-14(19)7-5-13/h2-10,19H,1H3,(H,18,20). The van der Waals surface area contributed by atoms with Gasteiger partial charge in [0.25, 0.3) is 0 Å². The molecule has 2 aromatic carbocycles. The van der Waals surface area contributed by atoms with Crippen molar-refractivity contribution in [1.29, 1.82) is 0 Å². The van der Waals surface area contributed by atoms with Crippen LogP contribution in [-0.2, 0) is 4.79 Å². The van der Waals surface area contributed by atoms with Crippen molar-refractivity contribution in [3.05, 3.63) is 58.6 Å². The first-order valence-corrected chi connectivity index (χ1v) is 6.99. The van der Waals surface area contributed by atoms with Crippen LogP contribution < -0.4 is 10.1 Å². The second-order valence-electron chi connectivity index (χ2n) is 4.26. The van der Waals surface area contributed by atoms with Gasteiger partial charge in [0.05, 0.1) is 7.11 Å². The van der Waals surface area contributed by atoms with E-state index >= 15 is 0 Å². The van der Waals surface area contributed by atoms with E-state index in [2.05, 4.69) is 21.2 Å². The first kappa shape index (κ1) is 15.1. The lowest BCUT2D eigenvalue weighted by atomic mass is 10.2. The Balaban J connectivity index is 2.08. The number of carbonyl (C=O) groups is 1. The number of anilines is 1. The Morgan fingerprint density at radius 3 is 2.62 bits per heavy atom. The molecule has 0 saturated carbocycles. The van der Waals surface area contributed by atoms with Crippen LogP contribution in [0.15, 0.2) is 53.0 Å². The maximum atomic E-state index is 11.8. The van der Waals surface area contributed by atoms with Gasteiger partial charge < -0.3 is 15.2 Å². The van der Waals surface area contributed by atoms with Crippen molar-refractivity contribution in [1.82, 2.24) is 0 Å².